The van der Waals surface area contributed by atoms with Gasteiger partial charge in [-0.3, -0.25) is 0 Å². The predicted molar refractivity (Wildman–Crippen MR) is 130 cm³/mol. The van der Waals surface area contributed by atoms with Crippen molar-refractivity contribution < 1.29 is 0 Å². The molecule has 2 aliphatic heterocycles. The van der Waals surface area contributed by atoms with Crippen LogP contribution in [0.25, 0.3) is 33.4 Å². The second-order valence-corrected chi connectivity index (χ2v) is 8.20. The molecule has 0 atom stereocenters. The van der Waals surface area contributed by atoms with Crippen LogP contribution in [0, 0.1) is 13.8 Å². The molecule has 0 radical (unpaired) electrons. The Hall–Kier alpha value is -4.18. The minimum absolute atomic E-state index is 0.844. The molecule has 6 rings (SSSR count). The number of benzene rings is 4. The Bertz CT molecular complexity index is 1620. The van der Waals surface area contributed by atoms with Gasteiger partial charge in [-0.15, -0.1) is 0 Å². The molecule has 0 saturated heterocycles. The first kappa shape index (κ1) is 18.6. The molecule has 4 nitrogen and oxygen atoms in total. The first-order valence-electron chi connectivity index (χ1n) is 10.8. The fourth-order valence-electron chi connectivity index (χ4n) is 4.21. The van der Waals surface area contributed by atoms with E-state index in [0.717, 1.165) is 44.7 Å². The van der Waals surface area contributed by atoms with E-state index in [4.69, 9.17) is 9.98 Å². The van der Waals surface area contributed by atoms with Crippen LogP contribution in [0.4, 0.5) is 5.69 Å². The summed E-state index contributed by atoms with van der Waals surface area (Å²) < 4.78 is 4.30. The predicted octanol–water partition coefficient (Wildman–Crippen LogP) is 6.26. The highest BCUT2D eigenvalue weighted by atomic mass is 15.4. The van der Waals surface area contributed by atoms with Gasteiger partial charge < -0.3 is 0 Å². The molecule has 0 amide bonds. The van der Waals surface area contributed by atoms with Gasteiger partial charge in [0, 0.05) is 10.8 Å². The highest BCUT2D eigenvalue weighted by molar-refractivity contribution is 6.04. The maximum Gasteiger partial charge on any atom is 0.225 e. The Balaban J connectivity index is 1.80. The molecule has 0 N–H and O–H groups in total. The van der Waals surface area contributed by atoms with Crippen LogP contribution in [-0.4, -0.2) is 14.1 Å². The monoisotopic (exact) mass is 414 g/mol. The number of fused-ring (bicyclic) bond motifs is 5. The molecular weight excluding hydrogens is 392 g/mol. The lowest BCUT2D eigenvalue weighted by Gasteiger charge is -2.23. The first-order valence-corrected chi connectivity index (χ1v) is 10.8. The Morgan fingerprint density at radius 3 is 2.00 bits per heavy atom. The standard InChI is InChI=1S/C28H22N4/c1-19-11-15-21(16-12-19)29-27-31(22-17-13-20(2)14-18-22)28-30-25-9-5-3-7-23(25)24-8-4-6-10-26(24)32(27)28/h3-18H,1-2H3. The van der Waals surface area contributed by atoms with Crippen molar-refractivity contribution in [3.8, 4) is 11.6 Å². The average molecular weight is 415 g/mol. The van der Waals surface area contributed by atoms with Crippen molar-refractivity contribution in [2.45, 2.75) is 13.8 Å². The normalized spacial score (nSPS) is 12.2. The summed E-state index contributed by atoms with van der Waals surface area (Å²) >= 11 is 0. The molecule has 0 bridgehead atoms. The lowest BCUT2D eigenvalue weighted by Crippen LogP contribution is -2.41. The lowest BCUT2D eigenvalue weighted by atomic mass is 10.1. The quantitative estimate of drug-likeness (QED) is 0.329. The van der Waals surface area contributed by atoms with E-state index < -0.39 is 0 Å². The summed E-state index contributed by atoms with van der Waals surface area (Å²) in [5.74, 6) is 0.858. The van der Waals surface area contributed by atoms with E-state index >= 15 is 0 Å². The Morgan fingerprint density at radius 2 is 1.25 bits per heavy atom. The molecule has 0 saturated carbocycles. The number of rotatable bonds is 2. The van der Waals surface area contributed by atoms with Gasteiger partial charge in [0.25, 0.3) is 0 Å². The van der Waals surface area contributed by atoms with E-state index in [1.165, 1.54) is 11.1 Å². The van der Waals surface area contributed by atoms with Crippen LogP contribution in [-0.2, 0) is 0 Å². The highest BCUT2D eigenvalue weighted by Gasteiger charge is 2.22. The number of nitrogens with zero attached hydrogens (tertiary/aromatic N) is 4. The number of para-hydroxylation sites is 2. The minimum atomic E-state index is 0.844. The van der Waals surface area contributed by atoms with Gasteiger partial charge in [0.1, 0.15) is 0 Å². The average Bonchev–Trinajstić information content (AvgIpc) is 2.93. The first-order chi connectivity index (χ1) is 15.7. The second-order valence-electron chi connectivity index (χ2n) is 8.20. The second kappa shape index (κ2) is 7.20. The Kier molecular flexibility index (Phi) is 4.18. The summed E-state index contributed by atoms with van der Waals surface area (Å²) in [6.07, 6.45) is 0. The van der Waals surface area contributed by atoms with Gasteiger partial charge in [-0.1, -0.05) is 71.8 Å². The smallest absolute Gasteiger partial charge is 0.225 e. The van der Waals surface area contributed by atoms with Crippen molar-refractivity contribution in [1.82, 2.24) is 14.1 Å². The van der Waals surface area contributed by atoms with Crippen molar-refractivity contribution in [3.63, 3.8) is 0 Å². The molecular formula is C28H22N4. The van der Waals surface area contributed by atoms with Crippen molar-refractivity contribution in [1.29, 1.82) is 0 Å². The molecule has 0 unspecified atom stereocenters. The third-order valence-corrected chi connectivity index (χ3v) is 5.91. The molecule has 0 aromatic heterocycles. The molecule has 0 fully saturated rings. The van der Waals surface area contributed by atoms with E-state index in [1.54, 1.807) is 0 Å². The topological polar surface area (TPSA) is 35.1 Å². The van der Waals surface area contributed by atoms with E-state index in [9.17, 15) is 0 Å². The molecule has 2 aliphatic rings. The lowest BCUT2D eigenvalue weighted by molar-refractivity contribution is 0.674. The summed E-state index contributed by atoms with van der Waals surface area (Å²) in [6, 6.07) is 33.6. The minimum Gasteiger partial charge on any atom is -0.249 e. The van der Waals surface area contributed by atoms with E-state index in [2.05, 4.69) is 114 Å². The van der Waals surface area contributed by atoms with Crippen LogP contribution in [0.15, 0.2) is 102 Å². The van der Waals surface area contributed by atoms with Crippen LogP contribution in [0.1, 0.15) is 11.1 Å². The molecule has 4 aromatic carbocycles. The summed E-state index contributed by atoms with van der Waals surface area (Å²) in [7, 11) is 0. The zero-order chi connectivity index (χ0) is 21.7. The molecule has 2 heterocycles. The van der Waals surface area contributed by atoms with E-state index in [-0.39, 0.29) is 0 Å². The zero-order valence-electron chi connectivity index (χ0n) is 18.0. The number of hydrogen-bond acceptors (Lipinski definition) is 2. The SMILES string of the molecule is Cc1ccc(N=c2n(-c3ccc(C)cc3)c3nc4ccccc4c4ccccc4n2-3)cc1. The fourth-order valence-corrected chi connectivity index (χ4v) is 4.21. The van der Waals surface area contributed by atoms with Gasteiger partial charge in [0.2, 0.25) is 11.6 Å². The van der Waals surface area contributed by atoms with Crippen molar-refractivity contribution in [3.05, 3.63) is 114 Å². The van der Waals surface area contributed by atoms with Crippen LogP contribution in [0.2, 0.25) is 0 Å². The van der Waals surface area contributed by atoms with Gasteiger partial charge in [0.05, 0.1) is 22.4 Å². The third kappa shape index (κ3) is 2.92. The fraction of sp³-hybridized carbons (Fsp3) is 0.0714. The van der Waals surface area contributed by atoms with Gasteiger partial charge in [-0.25, -0.2) is 19.1 Å². The molecule has 0 spiro atoms. The maximum absolute atomic E-state index is 5.10. The summed E-state index contributed by atoms with van der Waals surface area (Å²) in [5.41, 5.74) is 7.30. The Morgan fingerprint density at radius 1 is 0.625 bits per heavy atom. The zero-order valence-corrected chi connectivity index (χ0v) is 18.0. The number of hydrogen-bond donors (Lipinski definition) is 0. The van der Waals surface area contributed by atoms with E-state index in [1.807, 2.05) is 6.07 Å². The van der Waals surface area contributed by atoms with Gasteiger partial charge in [-0.2, -0.15) is 0 Å². The molecule has 32 heavy (non-hydrogen) atoms. The molecule has 0 aliphatic carbocycles. The third-order valence-electron chi connectivity index (χ3n) is 5.91. The summed E-state index contributed by atoms with van der Waals surface area (Å²) in [5, 5.41) is 2.28. The van der Waals surface area contributed by atoms with Crippen molar-refractivity contribution in [2.75, 3.05) is 0 Å². The molecule has 154 valence electrons. The summed E-state index contributed by atoms with van der Waals surface area (Å²) in [6.45, 7) is 4.19. The highest BCUT2D eigenvalue weighted by Crippen LogP contribution is 2.27. The maximum atomic E-state index is 5.10. The Labute approximate surface area is 186 Å². The number of aryl methyl sites for hydroxylation is 2. The largest absolute Gasteiger partial charge is 0.249 e. The van der Waals surface area contributed by atoms with Gasteiger partial charge >= 0.3 is 0 Å². The van der Waals surface area contributed by atoms with Crippen LogP contribution >= 0.6 is 0 Å². The van der Waals surface area contributed by atoms with Gasteiger partial charge in [-0.05, 0) is 50.2 Å². The van der Waals surface area contributed by atoms with E-state index in [0.29, 0.717) is 0 Å². The number of aromatic nitrogens is 3. The van der Waals surface area contributed by atoms with Crippen LogP contribution in [0.3, 0.4) is 0 Å². The van der Waals surface area contributed by atoms with Gasteiger partial charge in [0.15, 0.2) is 0 Å². The molecule has 4 heteroatoms. The summed E-state index contributed by atoms with van der Waals surface area (Å²) in [4.78, 5) is 10.2. The molecule has 4 aromatic rings. The van der Waals surface area contributed by atoms with Crippen molar-refractivity contribution >= 4 is 27.5 Å². The van der Waals surface area contributed by atoms with Crippen molar-refractivity contribution in [2.24, 2.45) is 4.99 Å². The van der Waals surface area contributed by atoms with Crippen LogP contribution < -0.4 is 5.62 Å². The van der Waals surface area contributed by atoms with Crippen LogP contribution in [0.5, 0.6) is 0 Å².